The van der Waals surface area contributed by atoms with Crippen molar-refractivity contribution in [2.75, 3.05) is 0 Å². The van der Waals surface area contributed by atoms with Gasteiger partial charge >= 0.3 is 0 Å². The maximum Gasteiger partial charge on any atom is 0.297 e. The Morgan fingerprint density at radius 1 is 0.962 bits per heavy atom. The van der Waals surface area contributed by atoms with Gasteiger partial charge in [0.25, 0.3) is 10.1 Å². The van der Waals surface area contributed by atoms with Gasteiger partial charge in [0.05, 0.1) is 11.0 Å². The summed E-state index contributed by atoms with van der Waals surface area (Å²) in [6, 6.07) is 17.4. The Hall–Kier alpha value is -1.65. The van der Waals surface area contributed by atoms with Gasteiger partial charge in [0.2, 0.25) is 0 Å². The minimum Gasteiger partial charge on any atom is -0.263 e. The zero-order valence-corrected chi connectivity index (χ0v) is 16.3. The Morgan fingerprint density at radius 3 is 2.38 bits per heavy atom. The van der Waals surface area contributed by atoms with Crippen LogP contribution in [0.5, 0.6) is 0 Å². The summed E-state index contributed by atoms with van der Waals surface area (Å²) in [7, 11) is -3.69. The highest BCUT2D eigenvalue weighted by molar-refractivity contribution is 7.86. The predicted octanol–water partition coefficient (Wildman–Crippen LogP) is 5.28. The summed E-state index contributed by atoms with van der Waals surface area (Å²) in [4.78, 5) is 0.261. The lowest BCUT2D eigenvalue weighted by molar-refractivity contribution is 0.0925. The van der Waals surface area contributed by atoms with Crippen LogP contribution in [0.2, 0.25) is 0 Å². The summed E-state index contributed by atoms with van der Waals surface area (Å²) in [5, 5.41) is 0. The minimum absolute atomic E-state index is 0.189. The normalized spacial score (nSPS) is 20.8. The molecule has 2 aromatic carbocycles. The highest BCUT2D eigenvalue weighted by Gasteiger charge is 2.30. The summed E-state index contributed by atoms with van der Waals surface area (Å²) < 4.78 is 31.0. The second kappa shape index (κ2) is 8.83. The lowest BCUT2D eigenvalue weighted by Gasteiger charge is -2.31. The van der Waals surface area contributed by atoms with Crippen LogP contribution >= 0.6 is 0 Å². The fraction of sp³-hybridized carbons (Fsp3) is 0.455. The third kappa shape index (κ3) is 5.18. The van der Waals surface area contributed by atoms with Gasteiger partial charge in [-0.1, -0.05) is 60.9 Å². The van der Waals surface area contributed by atoms with Gasteiger partial charge < -0.3 is 0 Å². The smallest absolute Gasteiger partial charge is 0.263 e. The molecule has 1 aliphatic carbocycles. The van der Waals surface area contributed by atoms with Gasteiger partial charge in [0.15, 0.2) is 0 Å². The van der Waals surface area contributed by atoms with Crippen molar-refractivity contribution >= 4 is 10.1 Å². The van der Waals surface area contributed by atoms with Gasteiger partial charge in [-0.05, 0) is 62.6 Å². The molecule has 2 aromatic rings. The first-order chi connectivity index (χ1) is 12.5. The van der Waals surface area contributed by atoms with E-state index in [1.165, 1.54) is 12.0 Å². The standard InChI is InChI=1S/C22H28O3S/c1-18-14-16-21(17-15-18)26(23,24)25-22-13-6-5-11-20(22)12-7-10-19-8-3-2-4-9-19/h2-4,8-9,14-17,20,22H,5-7,10-13H2,1H3/t20-,22-/m0/s1. The Labute approximate surface area is 157 Å². The summed E-state index contributed by atoms with van der Waals surface area (Å²) >= 11 is 0. The van der Waals surface area contributed by atoms with E-state index in [0.29, 0.717) is 5.92 Å². The molecule has 0 spiro atoms. The Kier molecular flexibility index (Phi) is 6.49. The van der Waals surface area contributed by atoms with Crippen LogP contribution in [-0.4, -0.2) is 14.5 Å². The quantitative estimate of drug-likeness (QED) is 0.621. The first kappa shape index (κ1) is 19.1. The molecule has 140 valence electrons. The third-order valence-corrected chi connectivity index (χ3v) is 6.63. The van der Waals surface area contributed by atoms with E-state index in [1.54, 1.807) is 12.1 Å². The van der Waals surface area contributed by atoms with Gasteiger partial charge in [0.1, 0.15) is 0 Å². The number of rotatable bonds is 7. The van der Waals surface area contributed by atoms with Crippen LogP contribution < -0.4 is 0 Å². The van der Waals surface area contributed by atoms with E-state index in [4.69, 9.17) is 4.18 Å². The van der Waals surface area contributed by atoms with Crippen LogP contribution in [0, 0.1) is 12.8 Å². The summed E-state index contributed by atoms with van der Waals surface area (Å²) in [5.41, 5.74) is 2.38. The molecule has 0 amide bonds. The predicted molar refractivity (Wildman–Crippen MR) is 105 cm³/mol. The molecule has 0 radical (unpaired) electrons. The average molecular weight is 373 g/mol. The summed E-state index contributed by atoms with van der Waals surface area (Å²) in [6.07, 6.45) is 7.04. The number of hydrogen-bond donors (Lipinski definition) is 0. The number of hydrogen-bond acceptors (Lipinski definition) is 3. The lowest BCUT2D eigenvalue weighted by atomic mass is 9.83. The fourth-order valence-electron chi connectivity index (χ4n) is 3.77. The number of aryl methyl sites for hydroxylation is 2. The molecule has 3 nitrogen and oxygen atoms in total. The maximum absolute atomic E-state index is 12.6. The lowest BCUT2D eigenvalue weighted by Crippen LogP contribution is -2.30. The average Bonchev–Trinajstić information content (AvgIpc) is 2.64. The molecule has 1 saturated carbocycles. The molecule has 2 atom stereocenters. The fourth-order valence-corrected chi connectivity index (χ4v) is 4.93. The first-order valence-corrected chi connectivity index (χ1v) is 11.0. The van der Waals surface area contributed by atoms with Gasteiger partial charge in [-0.25, -0.2) is 0 Å². The Balaban J connectivity index is 1.60. The molecule has 0 heterocycles. The third-order valence-electron chi connectivity index (χ3n) is 5.28. The van der Waals surface area contributed by atoms with Crippen LogP contribution in [0.4, 0.5) is 0 Å². The Bertz CT molecular complexity index is 782. The molecule has 0 N–H and O–H groups in total. The van der Waals surface area contributed by atoms with E-state index < -0.39 is 10.1 Å². The topological polar surface area (TPSA) is 43.4 Å². The summed E-state index contributed by atoms with van der Waals surface area (Å²) in [6.45, 7) is 1.95. The van der Waals surface area contributed by atoms with E-state index in [9.17, 15) is 8.42 Å². The molecule has 0 aliphatic heterocycles. The molecule has 1 aliphatic rings. The molecule has 0 aromatic heterocycles. The van der Waals surface area contributed by atoms with Crippen molar-refractivity contribution in [2.24, 2.45) is 5.92 Å². The first-order valence-electron chi connectivity index (χ1n) is 9.58. The molecular formula is C22H28O3S. The van der Waals surface area contributed by atoms with Crippen molar-refractivity contribution in [1.29, 1.82) is 0 Å². The highest BCUT2D eigenvalue weighted by atomic mass is 32.2. The van der Waals surface area contributed by atoms with Crippen molar-refractivity contribution < 1.29 is 12.6 Å². The zero-order chi connectivity index (χ0) is 18.4. The van der Waals surface area contributed by atoms with E-state index in [2.05, 4.69) is 24.3 Å². The van der Waals surface area contributed by atoms with Crippen LogP contribution in [0.1, 0.15) is 49.7 Å². The van der Waals surface area contributed by atoms with Crippen molar-refractivity contribution in [1.82, 2.24) is 0 Å². The molecule has 0 saturated heterocycles. The maximum atomic E-state index is 12.6. The molecule has 1 fully saturated rings. The molecule has 3 rings (SSSR count). The van der Waals surface area contributed by atoms with Crippen LogP contribution in [0.25, 0.3) is 0 Å². The second-order valence-electron chi connectivity index (χ2n) is 7.32. The van der Waals surface area contributed by atoms with E-state index in [-0.39, 0.29) is 11.0 Å². The zero-order valence-electron chi connectivity index (χ0n) is 15.4. The monoisotopic (exact) mass is 372 g/mol. The van der Waals surface area contributed by atoms with Crippen molar-refractivity contribution in [3.8, 4) is 0 Å². The van der Waals surface area contributed by atoms with Gasteiger partial charge in [-0.3, -0.25) is 4.18 Å². The van der Waals surface area contributed by atoms with Crippen molar-refractivity contribution in [3.05, 3.63) is 65.7 Å². The van der Waals surface area contributed by atoms with E-state index in [0.717, 1.165) is 44.1 Å². The molecule has 0 unspecified atom stereocenters. The molecule has 4 heteroatoms. The largest absolute Gasteiger partial charge is 0.297 e. The van der Waals surface area contributed by atoms with Crippen LogP contribution in [0.3, 0.4) is 0 Å². The number of benzene rings is 2. The highest BCUT2D eigenvalue weighted by Crippen LogP contribution is 2.33. The van der Waals surface area contributed by atoms with Gasteiger partial charge in [-0.2, -0.15) is 8.42 Å². The molecule has 26 heavy (non-hydrogen) atoms. The molecule has 0 bridgehead atoms. The van der Waals surface area contributed by atoms with Crippen LogP contribution in [0.15, 0.2) is 59.5 Å². The molecular weight excluding hydrogens is 344 g/mol. The van der Waals surface area contributed by atoms with Crippen molar-refractivity contribution in [3.63, 3.8) is 0 Å². The minimum atomic E-state index is -3.69. The summed E-state index contributed by atoms with van der Waals surface area (Å²) in [5.74, 6) is 0.327. The second-order valence-corrected chi connectivity index (χ2v) is 8.90. The SMILES string of the molecule is Cc1ccc(S(=O)(=O)O[C@H]2CCCC[C@H]2CCCc2ccccc2)cc1. The Morgan fingerprint density at radius 2 is 1.65 bits per heavy atom. The van der Waals surface area contributed by atoms with Gasteiger partial charge in [-0.15, -0.1) is 0 Å². The van der Waals surface area contributed by atoms with Crippen LogP contribution in [-0.2, 0) is 20.7 Å². The van der Waals surface area contributed by atoms with Crippen molar-refractivity contribution in [2.45, 2.75) is 62.9 Å². The van der Waals surface area contributed by atoms with Gasteiger partial charge in [0, 0.05) is 0 Å². The van der Waals surface area contributed by atoms with E-state index in [1.807, 2.05) is 25.1 Å². The van der Waals surface area contributed by atoms with E-state index >= 15 is 0 Å².